The van der Waals surface area contributed by atoms with Crippen molar-refractivity contribution in [3.05, 3.63) is 174 Å². The molecule has 0 spiro atoms. The fourth-order valence-electron chi connectivity index (χ4n) is 8.98. The highest BCUT2D eigenvalue weighted by Gasteiger charge is 2.39. The molecule has 8 aromatic rings. The smallest absolute Gasteiger partial charge is 0.0543 e. The van der Waals surface area contributed by atoms with Crippen molar-refractivity contribution < 1.29 is 0 Å². The highest BCUT2D eigenvalue weighted by Crippen LogP contribution is 2.56. The zero-order valence-corrected chi connectivity index (χ0v) is 29.6. The van der Waals surface area contributed by atoms with Crippen molar-refractivity contribution in [3.8, 4) is 33.4 Å². The Balaban J connectivity index is 1.25. The Labute approximate surface area is 298 Å². The van der Waals surface area contributed by atoms with Gasteiger partial charge >= 0.3 is 0 Å². The molecule has 1 heterocycles. The van der Waals surface area contributed by atoms with E-state index in [1.54, 1.807) is 0 Å². The maximum atomic E-state index is 2.54. The molecule has 0 saturated carbocycles. The van der Waals surface area contributed by atoms with Gasteiger partial charge in [0, 0.05) is 47.8 Å². The molecule has 0 radical (unpaired) electrons. The Morgan fingerprint density at radius 1 is 0.420 bits per heavy atom. The van der Waals surface area contributed by atoms with Gasteiger partial charge in [0.15, 0.2) is 0 Å². The molecule has 50 heavy (non-hydrogen) atoms. The Bertz CT molecular complexity index is 2670. The molecule has 0 fully saturated rings. The molecule has 1 nitrogen and oxygen atoms in total. The van der Waals surface area contributed by atoms with Gasteiger partial charge in [0.05, 0.1) is 11.4 Å². The van der Waals surface area contributed by atoms with Crippen LogP contribution < -0.4 is 4.90 Å². The van der Waals surface area contributed by atoms with E-state index in [1.807, 2.05) is 11.3 Å². The summed E-state index contributed by atoms with van der Waals surface area (Å²) in [4.78, 5) is 2.54. The van der Waals surface area contributed by atoms with Crippen molar-refractivity contribution in [2.45, 2.75) is 38.5 Å². The van der Waals surface area contributed by atoms with Crippen molar-refractivity contribution in [2.24, 2.45) is 0 Å². The molecule has 0 bridgehead atoms. The molecule has 240 valence electrons. The van der Waals surface area contributed by atoms with Gasteiger partial charge < -0.3 is 4.90 Å². The molecule has 0 unspecified atom stereocenters. The van der Waals surface area contributed by atoms with Crippen molar-refractivity contribution in [1.29, 1.82) is 0 Å². The fraction of sp³-hybridized carbons (Fsp3) is 0.125. The Hall–Kier alpha value is -5.44. The number of para-hydroxylation sites is 1. The monoisotopic (exact) mass is 659 g/mol. The summed E-state index contributed by atoms with van der Waals surface area (Å²) in [5.41, 5.74) is 16.7. The summed E-state index contributed by atoms with van der Waals surface area (Å²) in [6.07, 6.45) is 0. The zero-order valence-electron chi connectivity index (χ0n) is 28.8. The summed E-state index contributed by atoms with van der Waals surface area (Å²) in [5, 5.41) is 2.65. The highest BCUT2D eigenvalue weighted by molar-refractivity contribution is 7.25. The van der Waals surface area contributed by atoms with Crippen molar-refractivity contribution in [3.63, 3.8) is 0 Å². The lowest BCUT2D eigenvalue weighted by atomic mass is 9.82. The van der Waals surface area contributed by atoms with Crippen LogP contribution in [0.5, 0.6) is 0 Å². The first-order valence-electron chi connectivity index (χ1n) is 17.6. The normalized spacial score (nSPS) is 14.7. The van der Waals surface area contributed by atoms with E-state index in [2.05, 4.69) is 184 Å². The number of hydrogen-bond acceptors (Lipinski definition) is 2. The third-order valence-electron chi connectivity index (χ3n) is 11.5. The summed E-state index contributed by atoms with van der Waals surface area (Å²) in [5.74, 6) is 0. The Kier molecular flexibility index (Phi) is 6.21. The average molecular weight is 660 g/mol. The standard InChI is InChI=1S/C48H37NS/c1-47(2)38-18-9-5-15-33(38)37-29-31(25-27-40(37)47)49(43-22-13-20-41-46(43)36-17-6-10-19-39(36)48(41,3)4)42-21-11-7-14-32(42)30-24-26-35-34-16-8-12-23-44(34)50-45(35)28-30/h5-29H,1-4H3. The van der Waals surface area contributed by atoms with Crippen molar-refractivity contribution in [1.82, 2.24) is 0 Å². The van der Waals surface area contributed by atoms with Gasteiger partial charge in [0.1, 0.15) is 0 Å². The minimum absolute atomic E-state index is 0.0518. The minimum atomic E-state index is -0.0970. The highest BCUT2D eigenvalue weighted by atomic mass is 32.1. The molecule has 0 saturated heterocycles. The topological polar surface area (TPSA) is 3.24 Å². The van der Waals surface area contributed by atoms with E-state index in [0.717, 1.165) is 0 Å². The average Bonchev–Trinajstić information content (AvgIpc) is 3.72. The molecule has 0 aliphatic heterocycles. The predicted octanol–water partition coefficient (Wildman–Crippen LogP) is 13.8. The third kappa shape index (κ3) is 4.06. The van der Waals surface area contributed by atoms with E-state index in [1.165, 1.54) is 92.9 Å². The van der Waals surface area contributed by atoms with Crippen molar-refractivity contribution in [2.75, 3.05) is 4.90 Å². The van der Waals surface area contributed by atoms with Crippen LogP contribution in [-0.2, 0) is 10.8 Å². The van der Waals surface area contributed by atoms with Crippen molar-refractivity contribution >= 4 is 48.6 Å². The number of nitrogens with zero attached hydrogens (tertiary/aromatic N) is 1. The van der Waals surface area contributed by atoms with E-state index < -0.39 is 0 Å². The number of anilines is 3. The largest absolute Gasteiger partial charge is 0.309 e. The molecule has 0 atom stereocenters. The van der Waals surface area contributed by atoms with E-state index in [4.69, 9.17) is 0 Å². The minimum Gasteiger partial charge on any atom is -0.309 e. The van der Waals surface area contributed by atoms with Crippen LogP contribution in [0.3, 0.4) is 0 Å². The van der Waals surface area contributed by atoms with Crippen LogP contribution in [0.15, 0.2) is 152 Å². The van der Waals surface area contributed by atoms with Crippen LogP contribution in [0.25, 0.3) is 53.6 Å². The van der Waals surface area contributed by atoms with Gasteiger partial charge in [-0.25, -0.2) is 0 Å². The van der Waals surface area contributed by atoms with Crippen LogP contribution in [-0.4, -0.2) is 0 Å². The number of benzene rings is 7. The van der Waals surface area contributed by atoms with Gasteiger partial charge in [0.2, 0.25) is 0 Å². The lowest BCUT2D eigenvalue weighted by Gasteiger charge is -2.31. The van der Waals surface area contributed by atoms with Gasteiger partial charge in [0.25, 0.3) is 0 Å². The maximum Gasteiger partial charge on any atom is 0.0543 e. The van der Waals surface area contributed by atoms with Gasteiger partial charge in [-0.05, 0) is 80.9 Å². The van der Waals surface area contributed by atoms with Crippen LogP contribution in [0, 0.1) is 0 Å². The van der Waals surface area contributed by atoms with Crippen LogP contribution >= 0.6 is 11.3 Å². The molecule has 0 amide bonds. The molecule has 2 aliphatic carbocycles. The Morgan fingerprint density at radius 3 is 1.86 bits per heavy atom. The second-order valence-corrected chi connectivity index (χ2v) is 16.0. The summed E-state index contributed by atoms with van der Waals surface area (Å²) in [7, 11) is 0. The van der Waals surface area contributed by atoms with E-state index in [-0.39, 0.29) is 10.8 Å². The molecule has 2 aliphatic rings. The molecule has 0 N–H and O–H groups in total. The lowest BCUT2D eigenvalue weighted by Crippen LogP contribution is -2.17. The van der Waals surface area contributed by atoms with E-state index in [9.17, 15) is 0 Å². The second kappa shape index (κ2) is 10.5. The van der Waals surface area contributed by atoms with E-state index in [0.29, 0.717) is 0 Å². The summed E-state index contributed by atoms with van der Waals surface area (Å²) < 4.78 is 2.65. The van der Waals surface area contributed by atoms with Gasteiger partial charge in [-0.2, -0.15) is 0 Å². The van der Waals surface area contributed by atoms with Crippen LogP contribution in [0.4, 0.5) is 17.1 Å². The summed E-state index contributed by atoms with van der Waals surface area (Å²) >= 11 is 1.88. The fourth-order valence-corrected chi connectivity index (χ4v) is 10.1. The first-order valence-corrected chi connectivity index (χ1v) is 18.4. The molecule has 7 aromatic carbocycles. The van der Waals surface area contributed by atoms with Crippen LogP contribution in [0.1, 0.15) is 49.9 Å². The molecular formula is C48H37NS. The molecule has 10 rings (SSSR count). The Morgan fingerprint density at radius 2 is 1.02 bits per heavy atom. The van der Waals surface area contributed by atoms with Crippen LogP contribution in [0.2, 0.25) is 0 Å². The van der Waals surface area contributed by atoms with E-state index >= 15 is 0 Å². The lowest BCUT2D eigenvalue weighted by molar-refractivity contribution is 0.660. The maximum absolute atomic E-state index is 2.54. The quantitative estimate of drug-likeness (QED) is 0.182. The predicted molar refractivity (Wildman–Crippen MR) is 215 cm³/mol. The first kappa shape index (κ1) is 29.5. The third-order valence-corrected chi connectivity index (χ3v) is 12.6. The first-order chi connectivity index (χ1) is 24.3. The SMILES string of the molecule is CC1(C)c2ccccc2-c2cc(N(c3ccccc3-c3ccc4c(c3)sc3ccccc34)c3cccc4c3-c3ccccc3C4(C)C)ccc21. The summed E-state index contributed by atoms with van der Waals surface area (Å²) in [6, 6.07) is 56.8. The molecule has 1 aromatic heterocycles. The van der Waals surface area contributed by atoms with Gasteiger partial charge in [-0.15, -0.1) is 11.3 Å². The number of thiophene rings is 1. The van der Waals surface area contributed by atoms with Gasteiger partial charge in [-0.3, -0.25) is 0 Å². The second-order valence-electron chi connectivity index (χ2n) is 14.9. The summed E-state index contributed by atoms with van der Waals surface area (Å²) in [6.45, 7) is 9.46. The number of hydrogen-bond donors (Lipinski definition) is 0. The zero-order chi connectivity index (χ0) is 33.8. The number of fused-ring (bicyclic) bond motifs is 9. The molecule has 2 heteroatoms. The number of rotatable bonds is 4. The van der Waals surface area contributed by atoms with Gasteiger partial charge in [-0.1, -0.05) is 143 Å². The molecular weight excluding hydrogens is 623 g/mol.